The molecule has 0 saturated carbocycles. The van der Waals surface area contributed by atoms with Crippen LogP contribution in [0.2, 0.25) is 0 Å². The number of piperidine rings is 1. The van der Waals surface area contributed by atoms with Gasteiger partial charge in [-0.2, -0.15) is 0 Å². The molecule has 0 aliphatic carbocycles. The van der Waals surface area contributed by atoms with Crippen LogP contribution in [0.3, 0.4) is 0 Å². The van der Waals surface area contributed by atoms with E-state index >= 15 is 0 Å². The standard InChI is InChI=1S/C16H21N3O2/c1-11-3-2-4-19(9-11)10-16-17-12-7-14-15(8-13(12)18-16)21-6-5-20-14/h7-8,11H,2-6,9-10H2,1H3,(H,17,18). The predicted molar refractivity (Wildman–Crippen MR) is 80.8 cm³/mol. The zero-order chi connectivity index (χ0) is 14.2. The Kier molecular flexibility index (Phi) is 3.22. The molecule has 1 unspecified atom stereocenters. The number of nitrogens with one attached hydrogen (secondary N) is 1. The van der Waals surface area contributed by atoms with Crippen LogP contribution in [0, 0.1) is 5.92 Å². The molecule has 1 atom stereocenters. The van der Waals surface area contributed by atoms with Crippen molar-refractivity contribution < 1.29 is 9.47 Å². The van der Waals surface area contributed by atoms with Crippen LogP contribution >= 0.6 is 0 Å². The fourth-order valence-corrected chi connectivity index (χ4v) is 3.32. The molecule has 5 heteroatoms. The first-order chi connectivity index (χ1) is 10.3. The Morgan fingerprint density at radius 2 is 2.10 bits per heavy atom. The van der Waals surface area contributed by atoms with Crippen molar-refractivity contribution in [3.8, 4) is 11.5 Å². The average molecular weight is 287 g/mol. The van der Waals surface area contributed by atoms with Crippen molar-refractivity contribution in [2.24, 2.45) is 5.92 Å². The Balaban J connectivity index is 1.58. The summed E-state index contributed by atoms with van der Waals surface area (Å²) in [6.07, 6.45) is 2.63. The van der Waals surface area contributed by atoms with Gasteiger partial charge in [-0.25, -0.2) is 4.98 Å². The zero-order valence-corrected chi connectivity index (χ0v) is 12.4. The van der Waals surface area contributed by atoms with Crippen LogP contribution in [0.15, 0.2) is 12.1 Å². The highest BCUT2D eigenvalue weighted by molar-refractivity contribution is 5.79. The van der Waals surface area contributed by atoms with Gasteiger partial charge in [-0.3, -0.25) is 4.90 Å². The molecule has 21 heavy (non-hydrogen) atoms. The Hall–Kier alpha value is -1.75. The van der Waals surface area contributed by atoms with Crippen molar-refractivity contribution in [2.75, 3.05) is 26.3 Å². The molecule has 5 nitrogen and oxygen atoms in total. The lowest BCUT2D eigenvalue weighted by Crippen LogP contribution is -2.34. The number of imidazole rings is 1. The largest absolute Gasteiger partial charge is 0.486 e. The number of rotatable bonds is 2. The molecule has 4 rings (SSSR count). The summed E-state index contributed by atoms with van der Waals surface area (Å²) in [5.74, 6) is 3.44. The molecule has 112 valence electrons. The van der Waals surface area contributed by atoms with E-state index in [0.29, 0.717) is 13.2 Å². The molecule has 1 N–H and O–H groups in total. The molecule has 1 fully saturated rings. The van der Waals surface area contributed by atoms with E-state index in [-0.39, 0.29) is 0 Å². The van der Waals surface area contributed by atoms with Crippen LogP contribution in [0.25, 0.3) is 11.0 Å². The molecule has 1 saturated heterocycles. The van der Waals surface area contributed by atoms with Crippen LogP contribution < -0.4 is 9.47 Å². The van der Waals surface area contributed by atoms with E-state index in [4.69, 9.17) is 14.5 Å². The van der Waals surface area contributed by atoms with Crippen LogP contribution in [-0.4, -0.2) is 41.2 Å². The molecule has 2 aliphatic heterocycles. The minimum Gasteiger partial charge on any atom is -0.486 e. The van der Waals surface area contributed by atoms with Gasteiger partial charge in [0.05, 0.1) is 17.6 Å². The second kappa shape index (κ2) is 5.22. The van der Waals surface area contributed by atoms with E-state index in [2.05, 4.69) is 16.8 Å². The topological polar surface area (TPSA) is 50.4 Å². The van der Waals surface area contributed by atoms with Crippen LogP contribution in [0.4, 0.5) is 0 Å². The molecule has 2 aromatic rings. The summed E-state index contributed by atoms with van der Waals surface area (Å²) in [5.41, 5.74) is 1.98. The van der Waals surface area contributed by atoms with Crippen molar-refractivity contribution in [3.63, 3.8) is 0 Å². The number of ether oxygens (including phenoxy) is 2. The highest BCUT2D eigenvalue weighted by Crippen LogP contribution is 2.33. The summed E-state index contributed by atoms with van der Waals surface area (Å²) in [5, 5.41) is 0. The summed E-state index contributed by atoms with van der Waals surface area (Å²) in [4.78, 5) is 10.6. The zero-order valence-electron chi connectivity index (χ0n) is 12.4. The van der Waals surface area contributed by atoms with Crippen molar-refractivity contribution in [2.45, 2.75) is 26.3 Å². The number of hydrogen-bond acceptors (Lipinski definition) is 4. The number of aromatic nitrogens is 2. The van der Waals surface area contributed by atoms with Gasteiger partial charge < -0.3 is 14.5 Å². The minimum absolute atomic E-state index is 0.613. The molecule has 1 aromatic heterocycles. The van der Waals surface area contributed by atoms with E-state index in [1.165, 1.54) is 25.9 Å². The lowest BCUT2D eigenvalue weighted by atomic mass is 10.0. The molecule has 0 radical (unpaired) electrons. The Bertz CT molecular complexity index is 609. The quantitative estimate of drug-likeness (QED) is 0.922. The molecule has 3 heterocycles. The predicted octanol–water partition coefficient (Wildman–Crippen LogP) is 2.57. The Morgan fingerprint density at radius 1 is 1.29 bits per heavy atom. The van der Waals surface area contributed by atoms with Crippen LogP contribution in [0.1, 0.15) is 25.6 Å². The van der Waals surface area contributed by atoms with Gasteiger partial charge in [-0.05, 0) is 25.3 Å². The lowest BCUT2D eigenvalue weighted by molar-refractivity contribution is 0.172. The number of likely N-dealkylation sites (tertiary alicyclic amines) is 1. The molecular weight excluding hydrogens is 266 g/mol. The van der Waals surface area contributed by atoms with Crippen molar-refractivity contribution in [1.29, 1.82) is 0 Å². The number of H-pyrrole nitrogens is 1. The Morgan fingerprint density at radius 3 is 2.90 bits per heavy atom. The summed E-state index contributed by atoms with van der Waals surface area (Å²) < 4.78 is 11.2. The van der Waals surface area contributed by atoms with Crippen LogP contribution in [-0.2, 0) is 6.54 Å². The molecule has 1 aromatic carbocycles. The molecule has 0 spiro atoms. The van der Waals surface area contributed by atoms with Crippen molar-refractivity contribution >= 4 is 11.0 Å². The van der Waals surface area contributed by atoms with E-state index in [1.54, 1.807) is 0 Å². The number of nitrogens with zero attached hydrogens (tertiary/aromatic N) is 2. The van der Waals surface area contributed by atoms with Gasteiger partial charge in [0.15, 0.2) is 11.5 Å². The Labute approximate surface area is 124 Å². The van der Waals surface area contributed by atoms with Crippen molar-refractivity contribution in [3.05, 3.63) is 18.0 Å². The second-order valence-electron chi connectivity index (χ2n) is 6.18. The van der Waals surface area contributed by atoms with Gasteiger partial charge in [0.25, 0.3) is 0 Å². The van der Waals surface area contributed by atoms with Gasteiger partial charge in [-0.15, -0.1) is 0 Å². The third-order valence-electron chi connectivity index (χ3n) is 4.31. The average Bonchev–Trinajstić information content (AvgIpc) is 2.85. The summed E-state index contributed by atoms with van der Waals surface area (Å²) in [6.45, 7) is 6.79. The fraction of sp³-hybridized carbons (Fsp3) is 0.562. The smallest absolute Gasteiger partial charge is 0.163 e. The van der Waals surface area contributed by atoms with Gasteiger partial charge >= 0.3 is 0 Å². The highest BCUT2D eigenvalue weighted by Gasteiger charge is 2.19. The maximum absolute atomic E-state index is 5.62. The number of aromatic amines is 1. The molecule has 0 bridgehead atoms. The van der Waals surface area contributed by atoms with E-state index in [0.717, 1.165) is 40.8 Å². The monoisotopic (exact) mass is 287 g/mol. The van der Waals surface area contributed by atoms with E-state index < -0.39 is 0 Å². The van der Waals surface area contributed by atoms with Gasteiger partial charge in [0, 0.05) is 18.7 Å². The minimum atomic E-state index is 0.613. The van der Waals surface area contributed by atoms with Crippen LogP contribution in [0.5, 0.6) is 11.5 Å². The normalized spacial score (nSPS) is 22.6. The number of benzene rings is 1. The summed E-state index contributed by atoms with van der Waals surface area (Å²) >= 11 is 0. The molecular formula is C16H21N3O2. The lowest BCUT2D eigenvalue weighted by Gasteiger charge is -2.29. The number of fused-ring (bicyclic) bond motifs is 2. The number of hydrogen-bond donors (Lipinski definition) is 1. The first kappa shape index (κ1) is 13.0. The maximum Gasteiger partial charge on any atom is 0.163 e. The maximum atomic E-state index is 5.62. The molecule has 2 aliphatic rings. The molecule has 0 amide bonds. The summed E-state index contributed by atoms with van der Waals surface area (Å²) in [7, 11) is 0. The highest BCUT2D eigenvalue weighted by atomic mass is 16.6. The summed E-state index contributed by atoms with van der Waals surface area (Å²) in [6, 6.07) is 3.97. The SMILES string of the molecule is CC1CCCN(Cc2nc3cc4c(cc3[nH]2)OCCO4)C1. The van der Waals surface area contributed by atoms with Gasteiger partial charge in [-0.1, -0.05) is 6.92 Å². The second-order valence-corrected chi connectivity index (χ2v) is 6.18. The van der Waals surface area contributed by atoms with Gasteiger partial charge in [0.2, 0.25) is 0 Å². The third kappa shape index (κ3) is 2.58. The fourth-order valence-electron chi connectivity index (χ4n) is 3.32. The first-order valence-electron chi connectivity index (χ1n) is 7.78. The first-order valence-corrected chi connectivity index (χ1v) is 7.78. The van der Waals surface area contributed by atoms with E-state index in [1.807, 2.05) is 12.1 Å². The van der Waals surface area contributed by atoms with Gasteiger partial charge in [0.1, 0.15) is 19.0 Å². The third-order valence-corrected chi connectivity index (χ3v) is 4.31. The van der Waals surface area contributed by atoms with Crippen molar-refractivity contribution in [1.82, 2.24) is 14.9 Å². The van der Waals surface area contributed by atoms with E-state index in [9.17, 15) is 0 Å².